The minimum absolute atomic E-state index is 0.183. The highest BCUT2D eigenvalue weighted by molar-refractivity contribution is 7.16. The first-order chi connectivity index (χ1) is 8.24. The van der Waals surface area contributed by atoms with Crippen LogP contribution in [0.25, 0.3) is 0 Å². The number of unbranched alkanes of at least 4 members (excludes halogenated alkanes) is 6. The van der Waals surface area contributed by atoms with Crippen LogP contribution in [-0.4, -0.2) is 0 Å². The van der Waals surface area contributed by atoms with Crippen LogP contribution in [0, 0.1) is 0 Å². The Morgan fingerprint density at radius 2 is 1.76 bits per heavy atom. The number of halogens is 1. The molecule has 17 heavy (non-hydrogen) atoms. The van der Waals surface area contributed by atoms with Crippen LogP contribution in [0.15, 0.2) is 12.1 Å². The van der Waals surface area contributed by atoms with Gasteiger partial charge in [0.15, 0.2) is 0 Å². The Morgan fingerprint density at radius 3 is 2.35 bits per heavy atom. The highest BCUT2D eigenvalue weighted by atomic mass is 35.5. The number of hydrogen-bond acceptors (Lipinski definition) is 2. The molecule has 1 unspecified atom stereocenters. The van der Waals surface area contributed by atoms with Gasteiger partial charge in [0.1, 0.15) is 0 Å². The monoisotopic (exact) mass is 273 g/mol. The molecule has 0 spiro atoms. The summed E-state index contributed by atoms with van der Waals surface area (Å²) in [7, 11) is 0. The normalized spacial score (nSPS) is 12.9. The van der Waals surface area contributed by atoms with E-state index in [-0.39, 0.29) is 6.04 Å². The number of thiophene rings is 1. The lowest BCUT2D eigenvalue weighted by molar-refractivity contribution is 0.544. The Bertz CT molecular complexity index is 298. The summed E-state index contributed by atoms with van der Waals surface area (Å²) >= 11 is 7.51. The summed E-state index contributed by atoms with van der Waals surface area (Å²) in [5.41, 5.74) is 6.12. The van der Waals surface area contributed by atoms with Crippen LogP contribution in [-0.2, 0) is 0 Å². The molecule has 0 radical (unpaired) electrons. The van der Waals surface area contributed by atoms with Gasteiger partial charge < -0.3 is 5.73 Å². The summed E-state index contributed by atoms with van der Waals surface area (Å²) in [5.74, 6) is 0. The van der Waals surface area contributed by atoms with Gasteiger partial charge in [0, 0.05) is 10.9 Å². The van der Waals surface area contributed by atoms with E-state index in [0.717, 1.165) is 10.8 Å². The topological polar surface area (TPSA) is 26.0 Å². The van der Waals surface area contributed by atoms with E-state index in [1.165, 1.54) is 49.8 Å². The smallest absolute Gasteiger partial charge is 0.0931 e. The molecule has 0 aliphatic carbocycles. The van der Waals surface area contributed by atoms with Crippen molar-refractivity contribution in [3.8, 4) is 0 Å². The van der Waals surface area contributed by atoms with Gasteiger partial charge in [-0.2, -0.15) is 0 Å². The Balaban J connectivity index is 2.03. The van der Waals surface area contributed by atoms with Crippen molar-refractivity contribution in [3.05, 3.63) is 21.3 Å². The van der Waals surface area contributed by atoms with E-state index in [1.807, 2.05) is 6.07 Å². The van der Waals surface area contributed by atoms with Crippen molar-refractivity contribution in [1.82, 2.24) is 0 Å². The molecule has 0 saturated heterocycles. The van der Waals surface area contributed by atoms with Crippen molar-refractivity contribution in [1.29, 1.82) is 0 Å². The lowest BCUT2D eigenvalue weighted by Crippen LogP contribution is -2.07. The third-order valence-corrected chi connectivity index (χ3v) is 4.44. The van der Waals surface area contributed by atoms with E-state index in [4.69, 9.17) is 17.3 Å². The molecule has 0 fully saturated rings. The van der Waals surface area contributed by atoms with Gasteiger partial charge >= 0.3 is 0 Å². The van der Waals surface area contributed by atoms with Crippen molar-refractivity contribution < 1.29 is 0 Å². The molecule has 1 nitrogen and oxygen atoms in total. The first-order valence-electron chi connectivity index (χ1n) is 6.75. The third kappa shape index (κ3) is 6.44. The highest BCUT2D eigenvalue weighted by Gasteiger charge is 2.07. The molecular weight excluding hydrogens is 250 g/mol. The summed E-state index contributed by atoms with van der Waals surface area (Å²) in [6.45, 7) is 2.26. The van der Waals surface area contributed by atoms with E-state index in [0.29, 0.717) is 0 Å². The summed E-state index contributed by atoms with van der Waals surface area (Å²) in [4.78, 5) is 1.22. The minimum atomic E-state index is 0.183. The second kappa shape index (κ2) is 8.96. The maximum absolute atomic E-state index is 6.12. The van der Waals surface area contributed by atoms with Crippen molar-refractivity contribution in [2.24, 2.45) is 5.73 Å². The molecule has 1 aromatic heterocycles. The SMILES string of the molecule is CCCCCCCCCC(N)c1ccc(Cl)s1. The molecule has 0 aliphatic heterocycles. The molecule has 1 rings (SSSR count). The van der Waals surface area contributed by atoms with Gasteiger partial charge in [0.25, 0.3) is 0 Å². The number of nitrogens with two attached hydrogens (primary N) is 1. The molecule has 1 atom stereocenters. The van der Waals surface area contributed by atoms with Gasteiger partial charge in [-0.1, -0.05) is 63.5 Å². The standard InChI is InChI=1S/C14H24ClNS/c1-2-3-4-5-6-7-8-9-12(16)13-10-11-14(15)17-13/h10-12H,2-9,16H2,1H3. The maximum atomic E-state index is 6.12. The van der Waals surface area contributed by atoms with Gasteiger partial charge in [-0.05, 0) is 18.6 Å². The Hall–Kier alpha value is -0.0500. The van der Waals surface area contributed by atoms with Gasteiger partial charge in [0.2, 0.25) is 0 Å². The zero-order valence-electron chi connectivity index (χ0n) is 10.8. The molecule has 0 aliphatic rings. The van der Waals surface area contributed by atoms with E-state index < -0.39 is 0 Å². The predicted octanol–water partition coefficient (Wildman–Crippen LogP) is 5.54. The first kappa shape index (κ1) is 15.0. The summed E-state index contributed by atoms with van der Waals surface area (Å²) < 4.78 is 0.843. The molecule has 0 amide bonds. The van der Waals surface area contributed by atoms with E-state index in [9.17, 15) is 0 Å². The predicted molar refractivity (Wildman–Crippen MR) is 78.9 cm³/mol. The Labute approximate surface area is 114 Å². The van der Waals surface area contributed by atoms with Gasteiger partial charge in [-0.15, -0.1) is 11.3 Å². The molecule has 0 bridgehead atoms. The van der Waals surface area contributed by atoms with Crippen LogP contribution in [0.4, 0.5) is 0 Å². The zero-order chi connectivity index (χ0) is 12.5. The molecule has 3 heteroatoms. The van der Waals surface area contributed by atoms with Crippen molar-refractivity contribution in [2.45, 2.75) is 64.3 Å². The largest absolute Gasteiger partial charge is 0.323 e. The van der Waals surface area contributed by atoms with Crippen molar-refractivity contribution >= 4 is 22.9 Å². The minimum Gasteiger partial charge on any atom is -0.323 e. The quantitative estimate of drug-likeness (QED) is 0.587. The molecular formula is C14H24ClNS. The lowest BCUT2D eigenvalue weighted by Gasteiger charge is -2.08. The van der Waals surface area contributed by atoms with Crippen LogP contribution in [0.5, 0.6) is 0 Å². The van der Waals surface area contributed by atoms with Crippen molar-refractivity contribution in [3.63, 3.8) is 0 Å². The molecule has 0 aromatic carbocycles. The first-order valence-corrected chi connectivity index (χ1v) is 7.94. The van der Waals surface area contributed by atoms with E-state index in [1.54, 1.807) is 11.3 Å². The Morgan fingerprint density at radius 1 is 1.12 bits per heavy atom. The van der Waals surface area contributed by atoms with Gasteiger partial charge in [0.05, 0.1) is 4.34 Å². The fourth-order valence-electron chi connectivity index (χ4n) is 1.99. The lowest BCUT2D eigenvalue weighted by atomic mass is 10.0. The zero-order valence-corrected chi connectivity index (χ0v) is 12.3. The molecule has 1 heterocycles. The van der Waals surface area contributed by atoms with Crippen LogP contribution < -0.4 is 5.73 Å². The second-order valence-corrected chi connectivity index (χ2v) is 6.41. The van der Waals surface area contributed by atoms with Crippen LogP contribution in [0.2, 0.25) is 4.34 Å². The van der Waals surface area contributed by atoms with E-state index in [2.05, 4.69) is 13.0 Å². The van der Waals surface area contributed by atoms with E-state index >= 15 is 0 Å². The fraction of sp³-hybridized carbons (Fsp3) is 0.714. The number of rotatable bonds is 9. The van der Waals surface area contributed by atoms with Crippen LogP contribution >= 0.6 is 22.9 Å². The second-order valence-electron chi connectivity index (χ2n) is 4.66. The number of hydrogen-bond donors (Lipinski definition) is 1. The molecule has 0 saturated carbocycles. The maximum Gasteiger partial charge on any atom is 0.0931 e. The Kier molecular flexibility index (Phi) is 7.91. The average Bonchev–Trinajstić information content (AvgIpc) is 2.74. The average molecular weight is 274 g/mol. The van der Waals surface area contributed by atoms with Gasteiger partial charge in [-0.3, -0.25) is 0 Å². The molecule has 1 aromatic rings. The molecule has 2 N–H and O–H groups in total. The highest BCUT2D eigenvalue weighted by Crippen LogP contribution is 2.28. The van der Waals surface area contributed by atoms with Crippen LogP contribution in [0.1, 0.15) is 69.2 Å². The molecule has 98 valence electrons. The summed E-state index contributed by atoms with van der Waals surface area (Å²) in [6, 6.07) is 4.17. The third-order valence-electron chi connectivity index (χ3n) is 3.08. The summed E-state index contributed by atoms with van der Waals surface area (Å²) in [6.07, 6.45) is 10.5. The van der Waals surface area contributed by atoms with Gasteiger partial charge in [-0.25, -0.2) is 0 Å². The van der Waals surface area contributed by atoms with Crippen molar-refractivity contribution in [2.75, 3.05) is 0 Å². The van der Waals surface area contributed by atoms with Crippen LogP contribution in [0.3, 0.4) is 0 Å². The fourth-order valence-corrected chi connectivity index (χ4v) is 3.09. The summed E-state index contributed by atoms with van der Waals surface area (Å²) in [5, 5.41) is 0.